The molecule has 0 aliphatic carbocycles. The van der Waals surface area contributed by atoms with Gasteiger partial charge < -0.3 is 14.7 Å². The largest absolute Gasteiger partial charge is 0.392 e. The van der Waals surface area contributed by atoms with Crippen LogP contribution in [-0.2, 0) is 6.61 Å². The third-order valence-corrected chi connectivity index (χ3v) is 3.59. The van der Waals surface area contributed by atoms with Crippen LogP contribution in [0.4, 0.5) is 0 Å². The molecule has 5 heteroatoms. The molecular formula is C22H35N3O2. The minimum Gasteiger partial charge on any atom is -0.392 e. The molecule has 3 rings (SSSR count). The molecule has 0 unspecified atom stereocenters. The second-order valence-corrected chi connectivity index (χ2v) is 5.33. The van der Waals surface area contributed by atoms with Gasteiger partial charge in [0.2, 0.25) is 0 Å². The summed E-state index contributed by atoms with van der Waals surface area (Å²) in [5.74, 6) is 0. The number of H-pyrrole nitrogens is 1. The topological polar surface area (TPSA) is 70.9 Å². The summed E-state index contributed by atoms with van der Waals surface area (Å²) in [6.07, 6.45) is 3.38. The fraction of sp³-hybridized carbons (Fsp3) is 0.455. The first-order chi connectivity index (χ1) is 13.1. The number of benzene rings is 1. The highest BCUT2D eigenvalue weighted by molar-refractivity contribution is 5.93. The predicted molar refractivity (Wildman–Crippen MR) is 116 cm³/mol. The van der Waals surface area contributed by atoms with E-state index < -0.39 is 0 Å². The molecule has 0 saturated carbocycles. The smallest absolute Gasteiger partial charge is 0.260 e. The van der Waals surface area contributed by atoms with Crippen molar-refractivity contribution < 1.29 is 5.11 Å². The molecule has 0 aliphatic heterocycles. The van der Waals surface area contributed by atoms with Crippen LogP contribution < -0.4 is 5.56 Å². The van der Waals surface area contributed by atoms with Crippen molar-refractivity contribution >= 4 is 11.0 Å². The standard InChI is InChI=1S/C16H17N3O2.3C2H6/c1-10(2)19-7-13(12-5-3-4-11(6-12)8-20)14-15(19)17-9-18-16(14)21;3*1-2/h3-7,9-10,20H,8H2,1-2H3,(H,17,18,21);3*1-2H3. The van der Waals surface area contributed by atoms with Crippen LogP contribution in [0.2, 0.25) is 0 Å². The number of aliphatic hydroxyl groups excluding tert-OH is 1. The number of aromatic amines is 1. The lowest BCUT2D eigenvalue weighted by atomic mass is 10.0. The molecule has 0 bridgehead atoms. The number of fused-ring (bicyclic) bond motifs is 1. The Hall–Kier alpha value is -2.40. The van der Waals surface area contributed by atoms with Gasteiger partial charge in [0.05, 0.1) is 18.3 Å². The van der Waals surface area contributed by atoms with Crippen molar-refractivity contribution in [2.24, 2.45) is 0 Å². The Kier molecular flexibility index (Phi) is 11.7. The van der Waals surface area contributed by atoms with Gasteiger partial charge in [-0.25, -0.2) is 4.98 Å². The van der Waals surface area contributed by atoms with Gasteiger partial charge in [0.1, 0.15) is 5.65 Å². The fourth-order valence-electron chi connectivity index (χ4n) is 2.54. The number of aliphatic hydroxyl groups is 1. The number of nitrogens with one attached hydrogen (secondary N) is 1. The van der Waals surface area contributed by atoms with Gasteiger partial charge in [-0.05, 0) is 31.0 Å². The highest BCUT2D eigenvalue weighted by Crippen LogP contribution is 2.29. The molecule has 150 valence electrons. The molecule has 0 amide bonds. The molecule has 0 spiro atoms. The minimum atomic E-state index is -0.149. The fourth-order valence-corrected chi connectivity index (χ4v) is 2.54. The van der Waals surface area contributed by atoms with Crippen LogP contribution >= 0.6 is 0 Å². The van der Waals surface area contributed by atoms with Crippen LogP contribution in [0.3, 0.4) is 0 Å². The van der Waals surface area contributed by atoms with E-state index in [4.69, 9.17) is 0 Å². The first-order valence-corrected chi connectivity index (χ1v) is 9.90. The zero-order valence-corrected chi connectivity index (χ0v) is 18.0. The first kappa shape index (κ1) is 24.6. The maximum Gasteiger partial charge on any atom is 0.260 e. The molecule has 27 heavy (non-hydrogen) atoms. The van der Waals surface area contributed by atoms with E-state index in [9.17, 15) is 9.90 Å². The van der Waals surface area contributed by atoms with Gasteiger partial charge in [-0.15, -0.1) is 0 Å². The molecule has 2 heterocycles. The zero-order chi connectivity index (χ0) is 21.0. The average molecular weight is 374 g/mol. The lowest BCUT2D eigenvalue weighted by Crippen LogP contribution is -2.08. The van der Waals surface area contributed by atoms with Gasteiger partial charge >= 0.3 is 0 Å². The number of nitrogens with zero attached hydrogens (tertiary/aromatic N) is 2. The molecular weight excluding hydrogens is 338 g/mol. The van der Waals surface area contributed by atoms with Gasteiger partial charge in [0, 0.05) is 17.8 Å². The summed E-state index contributed by atoms with van der Waals surface area (Å²) in [7, 11) is 0. The van der Waals surface area contributed by atoms with Crippen LogP contribution in [0.15, 0.2) is 41.6 Å². The van der Waals surface area contributed by atoms with E-state index in [1.807, 2.05) is 76.6 Å². The summed E-state index contributed by atoms with van der Waals surface area (Å²) >= 11 is 0. The Morgan fingerprint density at radius 1 is 1.11 bits per heavy atom. The van der Waals surface area contributed by atoms with E-state index in [1.54, 1.807) is 0 Å². The van der Waals surface area contributed by atoms with E-state index in [1.165, 1.54) is 6.33 Å². The summed E-state index contributed by atoms with van der Waals surface area (Å²) in [5, 5.41) is 9.87. The van der Waals surface area contributed by atoms with Crippen molar-refractivity contribution in [1.29, 1.82) is 0 Å². The second-order valence-electron chi connectivity index (χ2n) is 5.33. The minimum absolute atomic E-state index is 0.0226. The average Bonchev–Trinajstić information content (AvgIpc) is 3.14. The Balaban J connectivity index is 0.00000103. The quantitative estimate of drug-likeness (QED) is 0.633. The number of hydrogen-bond donors (Lipinski definition) is 2. The predicted octanol–water partition coefficient (Wildman–Crippen LogP) is 5.54. The lowest BCUT2D eigenvalue weighted by molar-refractivity contribution is 0.282. The highest BCUT2D eigenvalue weighted by atomic mass is 16.3. The Morgan fingerprint density at radius 3 is 2.30 bits per heavy atom. The summed E-state index contributed by atoms with van der Waals surface area (Å²) in [5.41, 5.74) is 3.09. The van der Waals surface area contributed by atoms with E-state index in [-0.39, 0.29) is 18.2 Å². The lowest BCUT2D eigenvalue weighted by Gasteiger charge is -2.07. The highest BCUT2D eigenvalue weighted by Gasteiger charge is 2.16. The van der Waals surface area contributed by atoms with Crippen LogP contribution in [-0.4, -0.2) is 19.6 Å². The normalized spacial score (nSPS) is 9.56. The molecule has 2 N–H and O–H groups in total. The maximum absolute atomic E-state index is 12.2. The third kappa shape index (κ3) is 5.79. The van der Waals surface area contributed by atoms with Gasteiger partial charge in [-0.1, -0.05) is 59.7 Å². The van der Waals surface area contributed by atoms with Crippen molar-refractivity contribution in [2.45, 2.75) is 68.0 Å². The first-order valence-electron chi connectivity index (χ1n) is 9.90. The van der Waals surface area contributed by atoms with Gasteiger partial charge in [0.25, 0.3) is 5.56 Å². The summed E-state index contributed by atoms with van der Waals surface area (Å²) in [6.45, 7) is 16.1. The Morgan fingerprint density at radius 2 is 1.74 bits per heavy atom. The van der Waals surface area contributed by atoms with Crippen LogP contribution in [0, 0.1) is 0 Å². The molecule has 5 nitrogen and oxygen atoms in total. The maximum atomic E-state index is 12.2. The number of hydrogen-bond acceptors (Lipinski definition) is 3. The van der Waals surface area contributed by atoms with E-state index in [2.05, 4.69) is 23.8 Å². The monoisotopic (exact) mass is 373 g/mol. The van der Waals surface area contributed by atoms with Crippen LogP contribution in [0.1, 0.15) is 67.0 Å². The van der Waals surface area contributed by atoms with Crippen molar-refractivity contribution in [2.75, 3.05) is 0 Å². The van der Waals surface area contributed by atoms with Gasteiger partial charge in [-0.2, -0.15) is 0 Å². The number of rotatable bonds is 3. The second kappa shape index (κ2) is 12.9. The zero-order valence-electron chi connectivity index (χ0n) is 18.0. The summed E-state index contributed by atoms with van der Waals surface area (Å²) in [6, 6.07) is 7.77. The van der Waals surface area contributed by atoms with Crippen molar-refractivity contribution in [3.8, 4) is 11.1 Å². The third-order valence-electron chi connectivity index (χ3n) is 3.59. The molecule has 0 saturated heterocycles. The summed E-state index contributed by atoms with van der Waals surface area (Å²) < 4.78 is 1.99. The van der Waals surface area contributed by atoms with Crippen molar-refractivity contribution in [3.63, 3.8) is 0 Å². The van der Waals surface area contributed by atoms with Gasteiger partial charge in [0.15, 0.2) is 0 Å². The molecule has 0 atom stereocenters. The van der Waals surface area contributed by atoms with Crippen molar-refractivity contribution in [3.05, 3.63) is 52.7 Å². The SMILES string of the molecule is CC.CC.CC.CC(C)n1cc(-c2cccc(CO)c2)c2c(=O)[nH]cnc21. The number of aromatic nitrogens is 3. The molecule has 0 radical (unpaired) electrons. The Labute approximate surface area is 163 Å². The van der Waals surface area contributed by atoms with Gasteiger partial charge in [-0.3, -0.25) is 4.79 Å². The molecule has 3 aromatic rings. The molecule has 0 aliphatic rings. The van der Waals surface area contributed by atoms with E-state index in [0.29, 0.717) is 11.0 Å². The van der Waals surface area contributed by atoms with Crippen LogP contribution in [0.25, 0.3) is 22.2 Å². The molecule has 2 aromatic heterocycles. The van der Waals surface area contributed by atoms with E-state index in [0.717, 1.165) is 16.7 Å². The molecule has 1 aromatic carbocycles. The van der Waals surface area contributed by atoms with E-state index >= 15 is 0 Å². The van der Waals surface area contributed by atoms with Crippen molar-refractivity contribution in [1.82, 2.24) is 14.5 Å². The Bertz CT molecular complexity index is 848. The summed E-state index contributed by atoms with van der Waals surface area (Å²) in [4.78, 5) is 19.2. The molecule has 0 fully saturated rings. The van der Waals surface area contributed by atoms with Crippen LogP contribution in [0.5, 0.6) is 0 Å².